The van der Waals surface area contributed by atoms with Gasteiger partial charge >= 0.3 is 5.97 Å². The van der Waals surface area contributed by atoms with Gasteiger partial charge in [-0.15, -0.1) is 12.4 Å². The maximum absolute atomic E-state index is 12.6. The molecule has 3 heterocycles. The normalized spacial score (nSPS) is 17.0. The number of anilines is 1. The summed E-state index contributed by atoms with van der Waals surface area (Å²) in [5.41, 5.74) is 2.90. The number of methoxy groups -OCH3 is 3. The summed E-state index contributed by atoms with van der Waals surface area (Å²) in [5, 5.41) is 1.79. The summed E-state index contributed by atoms with van der Waals surface area (Å²) in [6.45, 7) is 1.80. The molecule has 174 valence electrons. The number of halogens is 1. The Kier molecular flexibility index (Phi) is 6.58. The monoisotopic (exact) mass is 471 g/mol. The molecule has 2 aliphatic rings. The first-order valence-corrected chi connectivity index (χ1v) is 10.6. The molecule has 5 rings (SSSR count). The number of carbonyl (C=O) groups is 1. The summed E-state index contributed by atoms with van der Waals surface area (Å²) in [6, 6.07) is 6.04. The second-order valence-corrected chi connectivity index (χ2v) is 8.01. The van der Waals surface area contributed by atoms with E-state index in [4.69, 9.17) is 18.9 Å². The number of aromatic nitrogens is 2. The zero-order valence-electron chi connectivity index (χ0n) is 18.8. The highest BCUT2D eigenvalue weighted by Gasteiger charge is 2.30. The first-order valence-electron chi connectivity index (χ1n) is 10.6. The summed E-state index contributed by atoms with van der Waals surface area (Å²) in [5.74, 6) is 1.55. The summed E-state index contributed by atoms with van der Waals surface area (Å²) < 4.78 is 21.7. The van der Waals surface area contributed by atoms with Gasteiger partial charge in [0.15, 0.2) is 11.5 Å². The molecule has 0 bridgehead atoms. The van der Waals surface area contributed by atoms with Crippen LogP contribution in [0, 0.1) is 0 Å². The number of carbonyl (C=O) groups excluding carboxylic acids is 1. The first kappa shape index (κ1) is 23.1. The van der Waals surface area contributed by atoms with Gasteiger partial charge < -0.3 is 23.8 Å². The van der Waals surface area contributed by atoms with Gasteiger partial charge in [0.05, 0.1) is 32.4 Å². The Morgan fingerprint density at radius 1 is 1.06 bits per heavy atom. The van der Waals surface area contributed by atoms with Crippen molar-refractivity contribution < 1.29 is 23.7 Å². The van der Waals surface area contributed by atoms with Crippen LogP contribution in [0.3, 0.4) is 0 Å². The molecule has 0 saturated carbocycles. The lowest BCUT2D eigenvalue weighted by atomic mass is 9.91. The van der Waals surface area contributed by atoms with E-state index in [1.54, 1.807) is 33.7 Å². The number of benzene rings is 2. The van der Waals surface area contributed by atoms with E-state index in [1.165, 1.54) is 0 Å². The van der Waals surface area contributed by atoms with Crippen LogP contribution in [0.25, 0.3) is 21.9 Å². The van der Waals surface area contributed by atoms with Crippen molar-refractivity contribution in [3.8, 4) is 22.6 Å². The third-order valence-electron chi connectivity index (χ3n) is 6.21. The molecule has 0 aliphatic carbocycles. The Bertz CT molecular complexity index is 1190. The van der Waals surface area contributed by atoms with Crippen molar-refractivity contribution in [3.05, 3.63) is 41.7 Å². The molecule has 0 spiro atoms. The largest absolute Gasteiger partial charge is 0.493 e. The predicted octanol–water partition coefficient (Wildman–Crippen LogP) is 4.02. The minimum atomic E-state index is -0.338. The van der Waals surface area contributed by atoms with Gasteiger partial charge in [-0.2, -0.15) is 0 Å². The number of hydrogen-bond donors (Lipinski definition) is 0. The van der Waals surface area contributed by atoms with Crippen molar-refractivity contribution in [2.24, 2.45) is 0 Å². The van der Waals surface area contributed by atoms with Gasteiger partial charge in [-0.05, 0) is 41.8 Å². The molecule has 2 aliphatic heterocycles. The van der Waals surface area contributed by atoms with E-state index in [-0.39, 0.29) is 31.0 Å². The molecule has 0 N–H and O–H groups in total. The van der Waals surface area contributed by atoms with Crippen molar-refractivity contribution >= 4 is 35.1 Å². The van der Waals surface area contributed by atoms with Crippen LogP contribution in [0.4, 0.5) is 5.95 Å². The first-order chi connectivity index (χ1) is 15.6. The van der Waals surface area contributed by atoms with E-state index < -0.39 is 0 Å². The Morgan fingerprint density at radius 2 is 1.79 bits per heavy atom. The molecular formula is C24H26ClN3O5. The second-order valence-electron chi connectivity index (χ2n) is 8.01. The van der Waals surface area contributed by atoms with Gasteiger partial charge in [-0.3, -0.25) is 0 Å². The highest BCUT2D eigenvalue weighted by Crippen LogP contribution is 2.42. The van der Waals surface area contributed by atoms with Crippen LogP contribution in [-0.4, -0.2) is 56.5 Å². The lowest BCUT2D eigenvalue weighted by Gasteiger charge is -2.24. The van der Waals surface area contributed by atoms with Gasteiger partial charge in [0.1, 0.15) is 6.61 Å². The summed E-state index contributed by atoms with van der Waals surface area (Å²) in [4.78, 5) is 24.1. The smallest absolute Gasteiger partial charge is 0.339 e. The Balaban J connectivity index is 0.00000259. The molecule has 33 heavy (non-hydrogen) atoms. The van der Waals surface area contributed by atoms with Crippen LogP contribution in [0.2, 0.25) is 0 Å². The standard InChI is InChI=1S/C24H25N3O5.ClH/c1-29-13-17-5-4-6-27(17)24-25-10-16(11-26-24)21-18-9-20(31-3)19(30-2)8-14(18)7-15-12-32-23(28)22(15)21;/h7-11,17H,4-6,12-13H2,1-3H3;1H/t17-;/m1./s1. The fourth-order valence-electron chi connectivity index (χ4n) is 4.71. The van der Waals surface area contributed by atoms with Gasteiger partial charge in [-0.1, -0.05) is 0 Å². The minimum Gasteiger partial charge on any atom is -0.493 e. The number of cyclic esters (lactones) is 1. The van der Waals surface area contributed by atoms with Crippen LogP contribution >= 0.6 is 12.4 Å². The third-order valence-corrected chi connectivity index (χ3v) is 6.21. The number of nitrogens with zero attached hydrogens (tertiary/aromatic N) is 3. The maximum atomic E-state index is 12.6. The molecule has 2 aromatic carbocycles. The van der Waals surface area contributed by atoms with Crippen LogP contribution in [0.5, 0.6) is 11.5 Å². The Hall–Kier alpha value is -3.10. The topological polar surface area (TPSA) is 83.0 Å². The molecule has 8 nitrogen and oxygen atoms in total. The predicted molar refractivity (Wildman–Crippen MR) is 127 cm³/mol. The van der Waals surface area contributed by atoms with E-state index in [0.717, 1.165) is 46.8 Å². The molecule has 0 amide bonds. The van der Waals surface area contributed by atoms with Crippen molar-refractivity contribution in [1.29, 1.82) is 0 Å². The van der Waals surface area contributed by atoms with Crippen LogP contribution in [0.1, 0.15) is 28.8 Å². The molecule has 0 unspecified atom stereocenters. The average Bonchev–Trinajstić information content (AvgIpc) is 3.43. The third kappa shape index (κ3) is 3.94. The van der Waals surface area contributed by atoms with Crippen molar-refractivity contribution in [2.45, 2.75) is 25.5 Å². The van der Waals surface area contributed by atoms with Crippen LogP contribution in [0.15, 0.2) is 30.6 Å². The average molecular weight is 472 g/mol. The zero-order chi connectivity index (χ0) is 22.2. The number of hydrogen-bond acceptors (Lipinski definition) is 8. The van der Waals surface area contributed by atoms with Crippen molar-refractivity contribution in [3.63, 3.8) is 0 Å². The number of ether oxygens (including phenoxy) is 4. The van der Waals surface area contributed by atoms with Crippen molar-refractivity contribution in [1.82, 2.24) is 9.97 Å². The molecule has 0 radical (unpaired) electrons. The number of fused-ring (bicyclic) bond motifs is 2. The Morgan fingerprint density at radius 3 is 2.48 bits per heavy atom. The van der Waals surface area contributed by atoms with E-state index >= 15 is 0 Å². The Labute approximate surface area is 198 Å². The summed E-state index contributed by atoms with van der Waals surface area (Å²) >= 11 is 0. The van der Waals surface area contributed by atoms with Gasteiger partial charge in [-0.25, -0.2) is 14.8 Å². The highest BCUT2D eigenvalue weighted by molar-refractivity contribution is 6.11. The molecular weight excluding hydrogens is 446 g/mol. The van der Waals surface area contributed by atoms with Gasteiger partial charge in [0, 0.05) is 42.7 Å². The van der Waals surface area contributed by atoms with Crippen molar-refractivity contribution in [2.75, 3.05) is 39.4 Å². The summed E-state index contributed by atoms with van der Waals surface area (Å²) in [6.07, 6.45) is 5.70. The second kappa shape index (κ2) is 9.41. The molecule has 1 saturated heterocycles. The summed E-state index contributed by atoms with van der Waals surface area (Å²) in [7, 11) is 4.91. The number of esters is 1. The molecule has 9 heteroatoms. The van der Waals surface area contributed by atoms with E-state index in [1.807, 2.05) is 18.2 Å². The SMILES string of the molecule is COC[C@H]1CCCN1c1ncc(-c2c3c(cc4cc(OC)c(OC)cc24)COC3=O)cn1.Cl. The van der Waals surface area contributed by atoms with Crippen LogP contribution in [-0.2, 0) is 16.1 Å². The lowest BCUT2D eigenvalue weighted by molar-refractivity contribution is 0.0535. The quantitative estimate of drug-likeness (QED) is 0.498. The molecule has 3 aromatic rings. The fourth-order valence-corrected chi connectivity index (χ4v) is 4.71. The highest BCUT2D eigenvalue weighted by atomic mass is 35.5. The number of rotatable bonds is 6. The zero-order valence-corrected chi connectivity index (χ0v) is 19.6. The molecule has 1 fully saturated rings. The minimum absolute atomic E-state index is 0. The molecule has 1 atom stereocenters. The lowest BCUT2D eigenvalue weighted by Crippen LogP contribution is -2.34. The van der Waals surface area contributed by atoms with E-state index in [0.29, 0.717) is 29.6 Å². The maximum Gasteiger partial charge on any atom is 0.339 e. The van der Waals surface area contributed by atoms with Crippen LogP contribution < -0.4 is 14.4 Å². The van der Waals surface area contributed by atoms with E-state index in [9.17, 15) is 4.79 Å². The molecule has 1 aromatic heterocycles. The van der Waals surface area contributed by atoms with Gasteiger partial charge in [0.2, 0.25) is 5.95 Å². The van der Waals surface area contributed by atoms with Gasteiger partial charge in [0.25, 0.3) is 0 Å². The fraction of sp³-hybridized carbons (Fsp3) is 0.375. The van der Waals surface area contributed by atoms with E-state index in [2.05, 4.69) is 14.9 Å².